The Hall–Kier alpha value is -1.06. The SMILES string of the molecule is CCC(C)C(=O)N1CCOC1=O. The molecule has 1 aliphatic heterocycles. The zero-order valence-corrected chi connectivity index (χ0v) is 7.37. The lowest BCUT2D eigenvalue weighted by Gasteiger charge is -2.14. The van der Waals surface area contributed by atoms with Crippen molar-refractivity contribution in [3.8, 4) is 0 Å². The molecule has 0 spiro atoms. The third-order valence-electron chi connectivity index (χ3n) is 2.06. The second kappa shape index (κ2) is 3.56. The van der Waals surface area contributed by atoms with Crippen molar-refractivity contribution in [2.45, 2.75) is 20.3 Å². The highest BCUT2D eigenvalue weighted by atomic mass is 16.6. The predicted molar refractivity (Wildman–Crippen MR) is 42.5 cm³/mol. The molecule has 0 aromatic rings. The molecule has 0 aromatic carbocycles. The van der Waals surface area contributed by atoms with Gasteiger partial charge in [-0.3, -0.25) is 4.79 Å². The van der Waals surface area contributed by atoms with Crippen LogP contribution in [0.3, 0.4) is 0 Å². The van der Waals surface area contributed by atoms with Crippen molar-refractivity contribution in [2.24, 2.45) is 5.92 Å². The Balaban J connectivity index is 2.57. The van der Waals surface area contributed by atoms with Gasteiger partial charge < -0.3 is 4.74 Å². The minimum absolute atomic E-state index is 0.0874. The molecule has 0 aliphatic carbocycles. The van der Waals surface area contributed by atoms with Crippen molar-refractivity contribution < 1.29 is 14.3 Å². The quantitative estimate of drug-likeness (QED) is 0.623. The first-order valence-electron chi connectivity index (χ1n) is 4.15. The largest absolute Gasteiger partial charge is 0.447 e. The maximum Gasteiger partial charge on any atom is 0.416 e. The van der Waals surface area contributed by atoms with Crippen LogP contribution in [0, 0.1) is 5.92 Å². The van der Waals surface area contributed by atoms with E-state index in [0.717, 1.165) is 6.42 Å². The first-order valence-corrected chi connectivity index (χ1v) is 4.15. The molecule has 68 valence electrons. The topological polar surface area (TPSA) is 46.6 Å². The molecule has 0 bridgehead atoms. The highest BCUT2D eigenvalue weighted by Gasteiger charge is 2.30. The second-order valence-corrected chi connectivity index (χ2v) is 2.91. The Labute approximate surface area is 71.5 Å². The summed E-state index contributed by atoms with van der Waals surface area (Å²) in [5, 5.41) is 0. The number of hydrogen-bond acceptors (Lipinski definition) is 3. The Kier molecular flexibility index (Phi) is 2.68. The van der Waals surface area contributed by atoms with Gasteiger partial charge in [0.25, 0.3) is 0 Å². The molecule has 1 saturated heterocycles. The molecular formula is C8H13NO3. The molecule has 0 saturated carbocycles. The van der Waals surface area contributed by atoms with Crippen LogP contribution in [-0.4, -0.2) is 30.1 Å². The van der Waals surface area contributed by atoms with E-state index in [4.69, 9.17) is 0 Å². The summed E-state index contributed by atoms with van der Waals surface area (Å²) in [5.74, 6) is -0.212. The van der Waals surface area contributed by atoms with E-state index in [1.807, 2.05) is 13.8 Å². The number of carbonyl (C=O) groups is 2. The molecular weight excluding hydrogens is 158 g/mol. The summed E-state index contributed by atoms with van der Waals surface area (Å²) in [4.78, 5) is 23.5. The third kappa shape index (κ3) is 1.57. The van der Waals surface area contributed by atoms with E-state index < -0.39 is 6.09 Å². The van der Waals surface area contributed by atoms with Gasteiger partial charge in [0.1, 0.15) is 6.61 Å². The number of cyclic esters (lactones) is 1. The van der Waals surface area contributed by atoms with Crippen molar-refractivity contribution in [3.63, 3.8) is 0 Å². The fourth-order valence-corrected chi connectivity index (χ4v) is 1.03. The van der Waals surface area contributed by atoms with Gasteiger partial charge >= 0.3 is 6.09 Å². The fourth-order valence-electron chi connectivity index (χ4n) is 1.03. The van der Waals surface area contributed by atoms with Crippen LogP contribution in [0.25, 0.3) is 0 Å². The maximum absolute atomic E-state index is 11.4. The van der Waals surface area contributed by atoms with Crippen LogP contribution in [0.4, 0.5) is 4.79 Å². The summed E-state index contributed by atoms with van der Waals surface area (Å²) in [5.41, 5.74) is 0. The summed E-state index contributed by atoms with van der Waals surface area (Å²) in [6.45, 7) is 4.47. The van der Waals surface area contributed by atoms with Crippen molar-refractivity contribution in [1.82, 2.24) is 4.90 Å². The summed E-state index contributed by atoms with van der Waals surface area (Å²) < 4.78 is 4.65. The molecule has 4 heteroatoms. The molecule has 12 heavy (non-hydrogen) atoms. The lowest BCUT2D eigenvalue weighted by molar-refractivity contribution is -0.131. The third-order valence-corrected chi connectivity index (χ3v) is 2.06. The molecule has 0 radical (unpaired) electrons. The number of rotatable bonds is 2. The molecule has 0 N–H and O–H groups in total. The summed E-state index contributed by atoms with van der Waals surface area (Å²) in [6.07, 6.45) is 0.253. The molecule has 1 rings (SSSR count). The molecule has 1 unspecified atom stereocenters. The second-order valence-electron chi connectivity index (χ2n) is 2.91. The minimum atomic E-state index is -0.500. The van der Waals surface area contributed by atoms with Crippen LogP contribution >= 0.6 is 0 Å². The Bertz CT molecular complexity index is 202. The first-order chi connectivity index (χ1) is 5.66. The van der Waals surface area contributed by atoms with Crippen LogP contribution in [-0.2, 0) is 9.53 Å². The van der Waals surface area contributed by atoms with E-state index in [1.54, 1.807) is 0 Å². The summed E-state index contributed by atoms with van der Waals surface area (Å²) in [7, 11) is 0. The maximum atomic E-state index is 11.4. The molecule has 0 aromatic heterocycles. The van der Waals surface area contributed by atoms with Crippen LogP contribution in [0.2, 0.25) is 0 Å². The monoisotopic (exact) mass is 171 g/mol. The standard InChI is InChI=1S/C8H13NO3/c1-3-6(2)7(10)9-4-5-12-8(9)11/h6H,3-5H2,1-2H3. The van der Waals surface area contributed by atoms with Crippen LogP contribution < -0.4 is 0 Å². The van der Waals surface area contributed by atoms with E-state index in [1.165, 1.54) is 4.90 Å². The molecule has 1 fully saturated rings. The van der Waals surface area contributed by atoms with Gasteiger partial charge in [0.15, 0.2) is 0 Å². The Morgan fingerprint density at radius 3 is 2.83 bits per heavy atom. The number of imide groups is 1. The van der Waals surface area contributed by atoms with E-state index >= 15 is 0 Å². The number of nitrogens with zero attached hydrogens (tertiary/aromatic N) is 1. The fraction of sp³-hybridized carbons (Fsp3) is 0.750. The van der Waals surface area contributed by atoms with Crippen molar-refractivity contribution in [2.75, 3.05) is 13.2 Å². The number of hydrogen-bond donors (Lipinski definition) is 0. The van der Waals surface area contributed by atoms with Gasteiger partial charge in [-0.25, -0.2) is 9.69 Å². The average molecular weight is 171 g/mol. The highest BCUT2D eigenvalue weighted by molar-refractivity contribution is 5.93. The number of ether oxygens (including phenoxy) is 1. The predicted octanol–water partition coefficient (Wildman–Crippen LogP) is 1.01. The van der Waals surface area contributed by atoms with Crippen molar-refractivity contribution in [1.29, 1.82) is 0 Å². The van der Waals surface area contributed by atoms with Crippen molar-refractivity contribution in [3.05, 3.63) is 0 Å². The molecule has 4 nitrogen and oxygen atoms in total. The Morgan fingerprint density at radius 2 is 2.42 bits per heavy atom. The molecule has 1 atom stereocenters. The smallest absolute Gasteiger partial charge is 0.416 e. The van der Waals surface area contributed by atoms with Gasteiger partial charge in [-0.1, -0.05) is 13.8 Å². The Morgan fingerprint density at radius 1 is 1.75 bits per heavy atom. The molecule has 1 heterocycles. The van der Waals surface area contributed by atoms with E-state index in [9.17, 15) is 9.59 Å². The lowest BCUT2D eigenvalue weighted by atomic mass is 10.1. The average Bonchev–Trinajstić information content (AvgIpc) is 2.48. The first kappa shape index (κ1) is 9.03. The van der Waals surface area contributed by atoms with Gasteiger partial charge in [-0.05, 0) is 6.42 Å². The number of carbonyl (C=O) groups excluding carboxylic acids is 2. The van der Waals surface area contributed by atoms with Crippen molar-refractivity contribution >= 4 is 12.0 Å². The molecule has 2 amide bonds. The summed E-state index contributed by atoms with van der Waals surface area (Å²) in [6, 6.07) is 0. The summed E-state index contributed by atoms with van der Waals surface area (Å²) >= 11 is 0. The minimum Gasteiger partial charge on any atom is -0.447 e. The normalized spacial score (nSPS) is 19.2. The van der Waals surface area contributed by atoms with Crippen LogP contribution in [0.1, 0.15) is 20.3 Å². The van der Waals surface area contributed by atoms with E-state index in [2.05, 4.69) is 4.74 Å². The van der Waals surface area contributed by atoms with Gasteiger partial charge in [0, 0.05) is 5.92 Å². The lowest BCUT2D eigenvalue weighted by Crippen LogP contribution is -2.35. The van der Waals surface area contributed by atoms with Crippen LogP contribution in [0.15, 0.2) is 0 Å². The van der Waals surface area contributed by atoms with E-state index in [-0.39, 0.29) is 11.8 Å². The zero-order chi connectivity index (χ0) is 9.14. The zero-order valence-electron chi connectivity index (χ0n) is 7.37. The van der Waals surface area contributed by atoms with Gasteiger partial charge in [-0.15, -0.1) is 0 Å². The highest BCUT2D eigenvalue weighted by Crippen LogP contribution is 2.11. The van der Waals surface area contributed by atoms with Gasteiger partial charge in [0.05, 0.1) is 6.54 Å². The molecule has 1 aliphatic rings. The van der Waals surface area contributed by atoms with Crippen LogP contribution in [0.5, 0.6) is 0 Å². The van der Waals surface area contributed by atoms with Gasteiger partial charge in [-0.2, -0.15) is 0 Å². The number of amides is 2. The van der Waals surface area contributed by atoms with E-state index in [0.29, 0.717) is 13.2 Å². The van der Waals surface area contributed by atoms with Gasteiger partial charge in [0.2, 0.25) is 5.91 Å².